The maximum absolute atomic E-state index is 14.2. The minimum absolute atomic E-state index is 0.0532. The lowest BCUT2D eigenvalue weighted by Gasteiger charge is -2.39. The minimum Gasteiger partial charge on any atom is -0.368 e. The van der Waals surface area contributed by atoms with Crippen LogP contribution in [0.4, 0.5) is 0 Å². The first-order valence-corrected chi connectivity index (χ1v) is 21.2. The first-order valence-electron chi connectivity index (χ1n) is 19.7. The summed E-state index contributed by atoms with van der Waals surface area (Å²) in [6.07, 6.45) is 13.1. The Balaban J connectivity index is 1.25. The molecule has 1 aromatic heterocycles. The van der Waals surface area contributed by atoms with E-state index in [4.69, 9.17) is 5.73 Å². The van der Waals surface area contributed by atoms with Crippen LogP contribution in [0.2, 0.25) is 0 Å². The Morgan fingerprint density at radius 1 is 1.02 bits per heavy atom. The lowest BCUT2D eigenvalue weighted by molar-refractivity contribution is -0.132. The van der Waals surface area contributed by atoms with E-state index in [1.807, 2.05) is 6.20 Å². The first kappa shape index (κ1) is 41.8. The highest BCUT2D eigenvalue weighted by molar-refractivity contribution is 7.90. The molecule has 2 heterocycles. The summed E-state index contributed by atoms with van der Waals surface area (Å²) in [7, 11) is -3.81. The van der Waals surface area contributed by atoms with Crippen LogP contribution in [0.1, 0.15) is 129 Å². The molecule has 2 aromatic rings. The molecule has 3 aliphatic rings. The molecule has 2 fully saturated rings. The summed E-state index contributed by atoms with van der Waals surface area (Å²) in [6.45, 7) is 9.45. The number of aromatic nitrogens is 3. The van der Waals surface area contributed by atoms with E-state index in [2.05, 4.69) is 56.7 Å². The van der Waals surface area contributed by atoms with Crippen LogP contribution in [0, 0.1) is 17.3 Å². The summed E-state index contributed by atoms with van der Waals surface area (Å²) in [4.78, 5) is 58.4. The largest absolute Gasteiger partial charge is 0.368 e. The molecule has 1 aliphatic heterocycles. The maximum Gasteiger partial charge on any atom is 0.263 e. The number of nitrogens with zero attached hydrogens (tertiary/aromatic N) is 4. The lowest BCUT2D eigenvalue weighted by atomic mass is 9.78. The van der Waals surface area contributed by atoms with Crippen molar-refractivity contribution in [1.29, 1.82) is 0 Å². The third-order valence-corrected chi connectivity index (χ3v) is 12.3. The van der Waals surface area contributed by atoms with Gasteiger partial charge in [-0.3, -0.25) is 28.9 Å². The van der Waals surface area contributed by atoms with E-state index in [0.717, 1.165) is 31.4 Å². The number of benzene rings is 1. The fraction of sp³-hybridized carbons (Fsp3) is 0.667. The van der Waals surface area contributed by atoms with Gasteiger partial charge in [0.25, 0.3) is 10.0 Å². The van der Waals surface area contributed by atoms with E-state index >= 15 is 0 Å². The highest BCUT2D eigenvalue weighted by atomic mass is 32.2. The Morgan fingerprint density at radius 2 is 1.69 bits per heavy atom. The number of carbonyl (C=O) groups is 4. The van der Waals surface area contributed by atoms with Crippen molar-refractivity contribution in [3.8, 4) is 0 Å². The molecular formula is C39H59N9O6S. The Bertz CT molecular complexity index is 1840. The molecule has 15 nitrogen and oxygen atoms in total. The molecule has 302 valence electrons. The van der Waals surface area contributed by atoms with Crippen molar-refractivity contribution < 1.29 is 27.6 Å². The van der Waals surface area contributed by atoms with Crippen molar-refractivity contribution in [1.82, 2.24) is 35.7 Å². The second-order valence-electron chi connectivity index (χ2n) is 17.2. The third-order valence-electron chi connectivity index (χ3n) is 10.9. The molecule has 1 aromatic carbocycles. The molecule has 6 N–H and O–H groups in total. The number of amides is 4. The monoisotopic (exact) mass is 781 g/mol. The quantitative estimate of drug-likeness (QED) is 0.180. The molecule has 2 saturated carbocycles. The highest BCUT2D eigenvalue weighted by Crippen LogP contribution is 2.34. The van der Waals surface area contributed by atoms with Gasteiger partial charge in [-0.2, -0.15) is 0 Å². The molecule has 5 rings (SSSR count). The van der Waals surface area contributed by atoms with Gasteiger partial charge in [-0.15, -0.1) is 5.10 Å². The Morgan fingerprint density at radius 3 is 2.35 bits per heavy atom. The van der Waals surface area contributed by atoms with E-state index < -0.39 is 51.4 Å². The number of aliphatic imine (C=N–C) groups is 1. The van der Waals surface area contributed by atoms with Gasteiger partial charge >= 0.3 is 0 Å². The number of carbonyl (C=O) groups excluding carboxylic acids is 4. The van der Waals surface area contributed by atoms with E-state index in [9.17, 15) is 27.6 Å². The van der Waals surface area contributed by atoms with Gasteiger partial charge in [0.05, 0.1) is 10.6 Å². The summed E-state index contributed by atoms with van der Waals surface area (Å²) in [6, 6.07) is 3.46. The fourth-order valence-corrected chi connectivity index (χ4v) is 9.25. The highest BCUT2D eigenvalue weighted by Gasteiger charge is 2.40. The summed E-state index contributed by atoms with van der Waals surface area (Å²) < 4.78 is 29.3. The van der Waals surface area contributed by atoms with Crippen molar-refractivity contribution >= 4 is 39.5 Å². The van der Waals surface area contributed by atoms with Crippen LogP contribution in [-0.2, 0) is 35.6 Å². The minimum atomic E-state index is -3.81. The fourth-order valence-electron chi connectivity index (χ4n) is 8.01. The molecule has 0 radical (unpaired) electrons. The van der Waals surface area contributed by atoms with Gasteiger partial charge in [-0.05, 0) is 55.1 Å². The molecule has 1 unspecified atom stereocenters. The van der Waals surface area contributed by atoms with Crippen LogP contribution in [0.5, 0.6) is 0 Å². The van der Waals surface area contributed by atoms with Gasteiger partial charge in [0.15, 0.2) is 0 Å². The number of hydrogen-bond donors (Lipinski definition) is 5. The van der Waals surface area contributed by atoms with Gasteiger partial charge in [0.1, 0.15) is 24.0 Å². The number of primary amides is 1. The maximum atomic E-state index is 14.2. The van der Waals surface area contributed by atoms with Crippen molar-refractivity contribution in [2.75, 3.05) is 6.54 Å². The summed E-state index contributed by atoms with van der Waals surface area (Å²) in [5.74, 6) is -1.84. The SMILES string of the molecule is CC(C)C(N=C1NS(=O)(=O)c2ccccc21)C(=O)NC[C@@H](NC(=O)CC1(NC(=O)[C@H](CC(C)(C)C)n2cc(CC3CCCCC3)nn2)CCCCC1)C(N)=O. The van der Waals surface area contributed by atoms with Crippen molar-refractivity contribution in [2.24, 2.45) is 28.0 Å². The standard InChI is InChI=1S/C39H59N9O6S/c1-25(2)33(43-35-28-16-10-11-17-31(28)55(53,54)46-35)37(52)41-23-29(34(40)50)42-32(49)22-39(18-12-7-13-19-39)44-36(51)30(21-38(3,4)5)48-24-27(45-47-48)20-26-14-8-6-9-15-26/h10-11,16-17,24-26,29-30,33H,6-9,12-15,18-23H2,1-5H3,(H2,40,50)(H,41,52)(H,42,49)(H,43,46)(H,44,51)/t29-,30+,33?/m1/s1. The Labute approximate surface area is 324 Å². The summed E-state index contributed by atoms with van der Waals surface area (Å²) >= 11 is 0. The van der Waals surface area contributed by atoms with Crippen molar-refractivity contribution in [3.63, 3.8) is 0 Å². The van der Waals surface area contributed by atoms with Crippen LogP contribution in [0.25, 0.3) is 0 Å². The van der Waals surface area contributed by atoms with E-state index in [-0.39, 0.29) is 40.9 Å². The van der Waals surface area contributed by atoms with Crippen LogP contribution in [0.3, 0.4) is 0 Å². The third kappa shape index (κ3) is 11.1. The molecule has 55 heavy (non-hydrogen) atoms. The van der Waals surface area contributed by atoms with Crippen LogP contribution in [-0.4, -0.2) is 77.0 Å². The molecular weight excluding hydrogens is 723 g/mol. The van der Waals surface area contributed by atoms with E-state index in [0.29, 0.717) is 30.7 Å². The van der Waals surface area contributed by atoms with Gasteiger partial charge in [0.2, 0.25) is 23.6 Å². The first-order chi connectivity index (χ1) is 25.9. The van der Waals surface area contributed by atoms with Crippen LogP contribution < -0.4 is 26.4 Å². The molecule has 3 atom stereocenters. The predicted octanol–water partition coefficient (Wildman–Crippen LogP) is 3.44. The summed E-state index contributed by atoms with van der Waals surface area (Å²) in [5, 5.41) is 17.5. The second kappa shape index (κ2) is 17.6. The Hall–Kier alpha value is -4.34. The number of rotatable bonds is 15. The van der Waals surface area contributed by atoms with E-state index in [1.165, 1.54) is 38.2 Å². The molecule has 16 heteroatoms. The van der Waals surface area contributed by atoms with Crippen LogP contribution in [0.15, 0.2) is 40.4 Å². The topological polar surface area (TPSA) is 220 Å². The number of nitrogens with one attached hydrogen (secondary N) is 4. The second-order valence-corrected chi connectivity index (χ2v) is 18.9. The molecule has 0 saturated heterocycles. The average Bonchev–Trinajstić information content (AvgIpc) is 3.68. The number of sulfonamides is 1. The van der Waals surface area contributed by atoms with Gasteiger partial charge in [-0.1, -0.05) is 103 Å². The molecule has 4 amide bonds. The number of hydrogen-bond acceptors (Lipinski definition) is 9. The zero-order valence-corrected chi connectivity index (χ0v) is 33.7. The number of nitrogens with two attached hydrogens (primary N) is 1. The van der Waals surface area contributed by atoms with E-state index in [1.54, 1.807) is 36.7 Å². The van der Waals surface area contributed by atoms with Crippen LogP contribution >= 0.6 is 0 Å². The van der Waals surface area contributed by atoms with Crippen molar-refractivity contribution in [3.05, 3.63) is 41.7 Å². The normalized spacial score (nSPS) is 20.5. The average molecular weight is 782 g/mol. The number of fused-ring (bicyclic) bond motifs is 1. The predicted molar refractivity (Wildman–Crippen MR) is 208 cm³/mol. The smallest absolute Gasteiger partial charge is 0.263 e. The molecule has 2 aliphatic carbocycles. The summed E-state index contributed by atoms with van der Waals surface area (Å²) in [5.41, 5.74) is 5.89. The zero-order valence-electron chi connectivity index (χ0n) is 32.9. The van der Waals surface area contributed by atoms with Gasteiger partial charge in [0, 0.05) is 30.3 Å². The van der Waals surface area contributed by atoms with Crippen molar-refractivity contribution in [2.45, 2.75) is 147 Å². The Kier molecular flexibility index (Phi) is 13.4. The number of amidine groups is 1. The molecule has 0 bridgehead atoms. The van der Waals surface area contributed by atoms with Gasteiger partial charge < -0.3 is 21.7 Å². The lowest BCUT2D eigenvalue weighted by Crippen LogP contribution is -2.57. The zero-order chi connectivity index (χ0) is 40.0. The molecule has 0 spiro atoms. The van der Waals surface area contributed by atoms with Gasteiger partial charge in [-0.25, -0.2) is 13.1 Å².